The number of hydrogen-bond donors (Lipinski definition) is 2. The van der Waals surface area contributed by atoms with Crippen LogP contribution in [-0.4, -0.2) is 61.0 Å². The van der Waals surface area contributed by atoms with E-state index in [9.17, 15) is 4.79 Å². The average molecular weight is 456 g/mol. The highest BCUT2D eigenvalue weighted by molar-refractivity contribution is 14.0. The van der Waals surface area contributed by atoms with Gasteiger partial charge in [0.2, 0.25) is 5.91 Å². The standard InChI is InChI=1S/C16H32N4OS.HI/c1-4-17-16(19-13-14(2)22-3)18-10-8-12-20-11-7-5-6-9-15(20)21;/h14H,4-13H2,1-3H3,(H2,17,18,19);1H. The minimum Gasteiger partial charge on any atom is -0.357 e. The van der Waals surface area contributed by atoms with E-state index in [1.54, 1.807) is 0 Å². The van der Waals surface area contributed by atoms with Crippen LogP contribution in [0.25, 0.3) is 0 Å². The first-order valence-corrected chi connectivity index (χ1v) is 9.79. The van der Waals surface area contributed by atoms with Crippen molar-refractivity contribution >= 4 is 47.6 Å². The van der Waals surface area contributed by atoms with E-state index in [0.717, 1.165) is 64.4 Å². The molecule has 1 amide bonds. The number of carbonyl (C=O) groups is 1. The van der Waals surface area contributed by atoms with Crippen molar-refractivity contribution in [2.24, 2.45) is 4.99 Å². The minimum absolute atomic E-state index is 0. The fraction of sp³-hybridized carbons (Fsp3) is 0.875. The highest BCUT2D eigenvalue weighted by Gasteiger charge is 2.15. The third kappa shape index (κ3) is 10.3. The Morgan fingerprint density at radius 2 is 2.13 bits per heavy atom. The fourth-order valence-corrected chi connectivity index (χ4v) is 2.61. The fourth-order valence-electron chi connectivity index (χ4n) is 2.39. The van der Waals surface area contributed by atoms with E-state index in [2.05, 4.69) is 35.7 Å². The first-order chi connectivity index (χ1) is 10.7. The van der Waals surface area contributed by atoms with Crippen molar-refractivity contribution in [2.45, 2.75) is 51.2 Å². The number of hydrogen-bond acceptors (Lipinski definition) is 3. The monoisotopic (exact) mass is 456 g/mol. The van der Waals surface area contributed by atoms with Gasteiger partial charge in [-0.05, 0) is 32.4 Å². The Kier molecular flexibility index (Phi) is 14.1. The molecule has 0 aromatic heterocycles. The summed E-state index contributed by atoms with van der Waals surface area (Å²) in [6.07, 6.45) is 7.19. The average Bonchev–Trinajstić information content (AvgIpc) is 2.73. The van der Waals surface area contributed by atoms with Crippen molar-refractivity contribution < 1.29 is 4.79 Å². The topological polar surface area (TPSA) is 56.7 Å². The van der Waals surface area contributed by atoms with E-state index >= 15 is 0 Å². The van der Waals surface area contributed by atoms with E-state index in [1.165, 1.54) is 6.42 Å². The molecule has 5 nitrogen and oxygen atoms in total. The van der Waals surface area contributed by atoms with Crippen LogP contribution >= 0.6 is 35.7 Å². The number of likely N-dealkylation sites (tertiary alicyclic amines) is 1. The van der Waals surface area contributed by atoms with Crippen LogP contribution in [0, 0.1) is 0 Å². The molecule has 0 radical (unpaired) electrons. The summed E-state index contributed by atoms with van der Waals surface area (Å²) < 4.78 is 0. The molecule has 0 aromatic rings. The molecule has 1 aliphatic heterocycles. The van der Waals surface area contributed by atoms with Gasteiger partial charge in [-0.25, -0.2) is 0 Å². The zero-order valence-corrected chi connectivity index (χ0v) is 17.9. The van der Waals surface area contributed by atoms with Crippen LogP contribution in [0.15, 0.2) is 4.99 Å². The lowest BCUT2D eigenvalue weighted by molar-refractivity contribution is -0.130. The number of thioether (sulfide) groups is 1. The lowest BCUT2D eigenvalue weighted by Crippen LogP contribution is -2.39. The van der Waals surface area contributed by atoms with Crippen LogP contribution < -0.4 is 10.6 Å². The minimum atomic E-state index is 0. The van der Waals surface area contributed by atoms with E-state index in [4.69, 9.17) is 0 Å². The number of carbonyl (C=O) groups excluding carboxylic acids is 1. The van der Waals surface area contributed by atoms with Crippen molar-refractivity contribution in [1.82, 2.24) is 15.5 Å². The summed E-state index contributed by atoms with van der Waals surface area (Å²) in [6.45, 7) is 8.58. The smallest absolute Gasteiger partial charge is 0.222 e. The van der Waals surface area contributed by atoms with Gasteiger partial charge in [0.1, 0.15) is 0 Å². The Labute approximate surface area is 162 Å². The predicted octanol–water partition coefficient (Wildman–Crippen LogP) is 2.70. The number of halogens is 1. The Hall–Kier alpha value is -0.180. The second kappa shape index (κ2) is 14.2. The highest BCUT2D eigenvalue weighted by atomic mass is 127. The van der Waals surface area contributed by atoms with E-state index in [0.29, 0.717) is 11.2 Å². The second-order valence-corrected chi connectivity index (χ2v) is 7.01. The molecular formula is C16H33IN4OS. The van der Waals surface area contributed by atoms with Crippen molar-refractivity contribution in [1.29, 1.82) is 0 Å². The Morgan fingerprint density at radius 1 is 1.35 bits per heavy atom. The van der Waals surface area contributed by atoms with E-state index < -0.39 is 0 Å². The maximum Gasteiger partial charge on any atom is 0.222 e. The SMILES string of the molecule is CCNC(=NCC(C)SC)NCCCN1CCCCCC1=O.I. The first-order valence-electron chi connectivity index (χ1n) is 8.50. The van der Waals surface area contributed by atoms with Crippen molar-refractivity contribution in [3.05, 3.63) is 0 Å². The number of nitrogens with one attached hydrogen (secondary N) is 2. The van der Waals surface area contributed by atoms with Gasteiger partial charge in [-0.2, -0.15) is 11.8 Å². The number of amides is 1. The molecule has 0 saturated carbocycles. The van der Waals surface area contributed by atoms with E-state index in [-0.39, 0.29) is 24.0 Å². The molecule has 0 aliphatic carbocycles. The quantitative estimate of drug-likeness (QED) is 0.255. The van der Waals surface area contributed by atoms with Crippen molar-refractivity contribution in [3.63, 3.8) is 0 Å². The van der Waals surface area contributed by atoms with Gasteiger partial charge < -0.3 is 15.5 Å². The summed E-state index contributed by atoms with van der Waals surface area (Å²) in [5.74, 6) is 1.21. The summed E-state index contributed by atoms with van der Waals surface area (Å²) in [5, 5.41) is 7.16. The van der Waals surface area contributed by atoms with Gasteiger partial charge in [-0.3, -0.25) is 9.79 Å². The molecule has 1 aliphatic rings. The maximum atomic E-state index is 11.9. The lowest BCUT2D eigenvalue weighted by atomic mass is 10.2. The van der Waals surface area contributed by atoms with Crippen LogP contribution in [0.4, 0.5) is 0 Å². The molecular weight excluding hydrogens is 423 g/mol. The van der Waals surface area contributed by atoms with Crippen LogP contribution in [0.3, 0.4) is 0 Å². The maximum absolute atomic E-state index is 11.9. The Morgan fingerprint density at radius 3 is 2.83 bits per heavy atom. The van der Waals surface area contributed by atoms with Gasteiger partial charge in [-0.15, -0.1) is 24.0 Å². The molecule has 1 atom stereocenters. The molecule has 136 valence electrons. The Bertz CT molecular complexity index is 355. The molecule has 1 fully saturated rings. The van der Waals surface area contributed by atoms with Gasteiger partial charge in [0.05, 0.1) is 6.54 Å². The molecule has 1 rings (SSSR count). The third-order valence-electron chi connectivity index (χ3n) is 3.82. The molecule has 23 heavy (non-hydrogen) atoms. The second-order valence-electron chi connectivity index (χ2n) is 5.74. The summed E-state index contributed by atoms with van der Waals surface area (Å²) >= 11 is 1.83. The van der Waals surface area contributed by atoms with E-state index in [1.807, 2.05) is 16.7 Å². The van der Waals surface area contributed by atoms with Crippen LogP contribution in [-0.2, 0) is 4.79 Å². The van der Waals surface area contributed by atoms with Crippen molar-refractivity contribution in [2.75, 3.05) is 39.0 Å². The molecule has 0 spiro atoms. The lowest BCUT2D eigenvalue weighted by Gasteiger charge is -2.20. The third-order valence-corrected chi connectivity index (χ3v) is 4.78. The van der Waals surface area contributed by atoms with Gasteiger partial charge in [-0.1, -0.05) is 13.3 Å². The van der Waals surface area contributed by atoms with Crippen LogP contribution in [0.1, 0.15) is 46.0 Å². The van der Waals surface area contributed by atoms with Crippen molar-refractivity contribution in [3.8, 4) is 0 Å². The van der Waals surface area contributed by atoms with Crippen LogP contribution in [0.2, 0.25) is 0 Å². The largest absolute Gasteiger partial charge is 0.357 e. The van der Waals surface area contributed by atoms with Gasteiger partial charge in [0.25, 0.3) is 0 Å². The normalized spacial score (nSPS) is 17.3. The predicted molar refractivity (Wildman–Crippen MR) is 112 cm³/mol. The molecule has 0 aromatic carbocycles. The summed E-state index contributed by atoms with van der Waals surface area (Å²) in [6, 6.07) is 0. The Balaban J connectivity index is 0.00000484. The molecule has 1 unspecified atom stereocenters. The number of rotatable bonds is 8. The molecule has 1 heterocycles. The van der Waals surface area contributed by atoms with Crippen LogP contribution in [0.5, 0.6) is 0 Å². The zero-order chi connectivity index (χ0) is 16.2. The zero-order valence-electron chi connectivity index (χ0n) is 14.8. The van der Waals surface area contributed by atoms with Gasteiger partial charge in [0.15, 0.2) is 5.96 Å². The molecule has 1 saturated heterocycles. The van der Waals surface area contributed by atoms with Gasteiger partial charge in [0, 0.05) is 37.8 Å². The summed E-state index contributed by atoms with van der Waals surface area (Å²) in [5.41, 5.74) is 0. The first kappa shape index (κ1) is 22.8. The molecule has 2 N–H and O–H groups in total. The number of nitrogens with zero attached hydrogens (tertiary/aromatic N) is 2. The number of aliphatic imine (C=N–C) groups is 1. The molecule has 0 bridgehead atoms. The highest BCUT2D eigenvalue weighted by Crippen LogP contribution is 2.11. The molecule has 7 heteroatoms. The number of guanidine groups is 1. The summed E-state index contributed by atoms with van der Waals surface area (Å²) in [7, 11) is 0. The van der Waals surface area contributed by atoms with Gasteiger partial charge >= 0.3 is 0 Å². The summed E-state index contributed by atoms with van der Waals surface area (Å²) in [4.78, 5) is 18.5.